The highest BCUT2D eigenvalue weighted by molar-refractivity contribution is 5.89. The van der Waals surface area contributed by atoms with Gasteiger partial charge in [-0.25, -0.2) is 0 Å². The van der Waals surface area contributed by atoms with E-state index in [1.165, 1.54) is 24.8 Å². The van der Waals surface area contributed by atoms with Gasteiger partial charge in [0.2, 0.25) is 5.91 Å². The van der Waals surface area contributed by atoms with Crippen molar-refractivity contribution in [2.75, 3.05) is 19.6 Å². The molecule has 0 saturated carbocycles. The predicted octanol–water partition coefficient (Wildman–Crippen LogP) is 3.97. The fourth-order valence-corrected chi connectivity index (χ4v) is 3.69. The third-order valence-electron chi connectivity index (χ3n) is 5.62. The maximum Gasteiger partial charge on any atom is 0.224 e. The molecular formula is C21H30N2O2. The second-order valence-corrected chi connectivity index (χ2v) is 7.96. The number of likely N-dealkylation sites (tertiary alicyclic amines) is 1. The van der Waals surface area contributed by atoms with Gasteiger partial charge in [-0.15, -0.1) is 0 Å². The van der Waals surface area contributed by atoms with Gasteiger partial charge >= 0.3 is 0 Å². The van der Waals surface area contributed by atoms with Gasteiger partial charge in [-0.1, -0.05) is 18.6 Å². The molecule has 1 aromatic carbocycles. The summed E-state index contributed by atoms with van der Waals surface area (Å²) < 4.78 is 5.71. The Kier molecular flexibility index (Phi) is 5.19. The highest BCUT2D eigenvalue weighted by Crippen LogP contribution is 2.27. The van der Waals surface area contributed by atoms with Crippen LogP contribution >= 0.6 is 0 Å². The number of benzene rings is 1. The third kappa shape index (κ3) is 3.90. The minimum atomic E-state index is 0.00223. The van der Waals surface area contributed by atoms with E-state index in [9.17, 15) is 4.79 Å². The molecular weight excluding hydrogens is 312 g/mol. The first-order valence-corrected chi connectivity index (χ1v) is 9.36. The van der Waals surface area contributed by atoms with Crippen molar-refractivity contribution in [2.45, 2.75) is 58.9 Å². The Balaban J connectivity index is 1.62. The number of fused-ring (bicyclic) bond motifs is 1. The normalized spacial score (nSPS) is 16.3. The molecule has 2 heterocycles. The van der Waals surface area contributed by atoms with Crippen molar-refractivity contribution in [3.8, 4) is 0 Å². The lowest BCUT2D eigenvalue weighted by atomic mass is 9.98. The van der Waals surface area contributed by atoms with Gasteiger partial charge in [0, 0.05) is 23.0 Å². The molecule has 1 aliphatic heterocycles. The van der Waals surface area contributed by atoms with E-state index in [-0.39, 0.29) is 11.4 Å². The SMILES string of the molecule is Cc1ccc2c(CC(=O)NCC(C)(C)N3CCCCC3)coc2c1C. The molecule has 0 aliphatic carbocycles. The maximum absolute atomic E-state index is 12.5. The molecule has 3 rings (SSSR count). The number of nitrogens with one attached hydrogen (secondary N) is 1. The summed E-state index contributed by atoms with van der Waals surface area (Å²) in [5.74, 6) is 0.0611. The number of amides is 1. The van der Waals surface area contributed by atoms with E-state index in [1.54, 1.807) is 6.26 Å². The van der Waals surface area contributed by atoms with Crippen molar-refractivity contribution >= 4 is 16.9 Å². The molecule has 1 aliphatic rings. The molecule has 0 radical (unpaired) electrons. The fraction of sp³-hybridized carbons (Fsp3) is 0.571. The van der Waals surface area contributed by atoms with Gasteiger partial charge in [0.1, 0.15) is 5.58 Å². The van der Waals surface area contributed by atoms with Crippen LogP contribution in [0.15, 0.2) is 22.8 Å². The van der Waals surface area contributed by atoms with Crippen LogP contribution in [-0.2, 0) is 11.2 Å². The number of carbonyl (C=O) groups excluding carboxylic acids is 1. The Bertz CT molecular complexity index is 755. The van der Waals surface area contributed by atoms with Gasteiger partial charge < -0.3 is 9.73 Å². The average molecular weight is 342 g/mol. The van der Waals surface area contributed by atoms with Gasteiger partial charge in [-0.05, 0) is 64.8 Å². The first kappa shape index (κ1) is 18.0. The second kappa shape index (κ2) is 7.20. The molecule has 0 spiro atoms. The number of piperidine rings is 1. The molecule has 1 N–H and O–H groups in total. The molecule has 0 unspecified atom stereocenters. The summed E-state index contributed by atoms with van der Waals surface area (Å²) in [4.78, 5) is 15.0. The lowest BCUT2D eigenvalue weighted by Gasteiger charge is -2.41. The van der Waals surface area contributed by atoms with Crippen molar-refractivity contribution in [3.63, 3.8) is 0 Å². The number of hydrogen-bond acceptors (Lipinski definition) is 3. The van der Waals surface area contributed by atoms with Crippen LogP contribution in [0, 0.1) is 13.8 Å². The minimum Gasteiger partial charge on any atom is -0.464 e. The largest absolute Gasteiger partial charge is 0.464 e. The molecule has 0 bridgehead atoms. The average Bonchev–Trinajstić information content (AvgIpc) is 3.01. The molecule has 0 atom stereocenters. The van der Waals surface area contributed by atoms with Crippen LogP contribution in [0.3, 0.4) is 0 Å². The Morgan fingerprint density at radius 3 is 2.64 bits per heavy atom. The lowest BCUT2D eigenvalue weighted by Crippen LogP contribution is -2.53. The molecule has 1 aromatic heterocycles. The van der Waals surface area contributed by atoms with Crippen molar-refractivity contribution in [1.82, 2.24) is 10.2 Å². The zero-order valence-corrected chi connectivity index (χ0v) is 15.9. The van der Waals surface area contributed by atoms with Crippen LogP contribution < -0.4 is 5.32 Å². The summed E-state index contributed by atoms with van der Waals surface area (Å²) in [6, 6.07) is 4.15. The number of rotatable bonds is 5. The smallest absolute Gasteiger partial charge is 0.224 e. The van der Waals surface area contributed by atoms with Crippen LogP contribution in [0.4, 0.5) is 0 Å². The highest BCUT2D eigenvalue weighted by atomic mass is 16.3. The quantitative estimate of drug-likeness (QED) is 0.894. The summed E-state index contributed by atoms with van der Waals surface area (Å²) in [7, 11) is 0. The van der Waals surface area contributed by atoms with E-state index in [4.69, 9.17) is 4.42 Å². The summed E-state index contributed by atoms with van der Waals surface area (Å²) in [5.41, 5.74) is 4.22. The molecule has 25 heavy (non-hydrogen) atoms. The molecule has 1 saturated heterocycles. The number of aryl methyl sites for hydroxylation is 2. The van der Waals surface area contributed by atoms with Gasteiger partial charge in [0.05, 0.1) is 12.7 Å². The molecule has 136 valence electrons. The molecule has 1 amide bonds. The van der Waals surface area contributed by atoms with Crippen LogP contribution in [0.25, 0.3) is 11.0 Å². The van der Waals surface area contributed by atoms with Gasteiger partial charge in [0.15, 0.2) is 0 Å². The van der Waals surface area contributed by atoms with Crippen LogP contribution in [-0.4, -0.2) is 36.0 Å². The number of furan rings is 1. The molecule has 1 fully saturated rings. The number of nitrogens with zero attached hydrogens (tertiary/aromatic N) is 1. The topological polar surface area (TPSA) is 45.5 Å². The number of carbonyl (C=O) groups is 1. The van der Waals surface area contributed by atoms with E-state index in [0.29, 0.717) is 13.0 Å². The zero-order valence-electron chi connectivity index (χ0n) is 15.9. The lowest BCUT2D eigenvalue weighted by molar-refractivity contribution is -0.121. The van der Waals surface area contributed by atoms with E-state index in [1.807, 2.05) is 0 Å². The van der Waals surface area contributed by atoms with Crippen molar-refractivity contribution in [1.29, 1.82) is 0 Å². The summed E-state index contributed by atoms with van der Waals surface area (Å²) in [6.07, 6.45) is 5.94. The minimum absolute atomic E-state index is 0.00223. The van der Waals surface area contributed by atoms with Gasteiger partial charge in [-0.3, -0.25) is 9.69 Å². The van der Waals surface area contributed by atoms with Crippen molar-refractivity contribution < 1.29 is 9.21 Å². The summed E-state index contributed by atoms with van der Waals surface area (Å²) in [6.45, 7) is 11.5. The van der Waals surface area contributed by atoms with Crippen LogP contribution in [0.2, 0.25) is 0 Å². The summed E-state index contributed by atoms with van der Waals surface area (Å²) >= 11 is 0. The molecule has 4 heteroatoms. The summed E-state index contributed by atoms with van der Waals surface area (Å²) in [5, 5.41) is 4.18. The van der Waals surface area contributed by atoms with Crippen LogP contribution in [0.5, 0.6) is 0 Å². The first-order chi connectivity index (χ1) is 11.9. The van der Waals surface area contributed by atoms with E-state index in [0.717, 1.165) is 35.2 Å². The zero-order chi connectivity index (χ0) is 18.0. The monoisotopic (exact) mass is 342 g/mol. The Morgan fingerprint density at radius 1 is 1.20 bits per heavy atom. The van der Waals surface area contributed by atoms with Crippen molar-refractivity contribution in [2.24, 2.45) is 0 Å². The fourth-order valence-electron chi connectivity index (χ4n) is 3.69. The Hall–Kier alpha value is -1.81. The third-order valence-corrected chi connectivity index (χ3v) is 5.62. The standard InChI is InChI=1S/C21H30N2O2/c1-15-8-9-18-17(13-25-20(18)16(15)2)12-19(24)22-14-21(3,4)23-10-6-5-7-11-23/h8-9,13H,5-7,10-12,14H2,1-4H3,(H,22,24). The predicted molar refractivity (Wildman–Crippen MR) is 102 cm³/mol. The second-order valence-electron chi connectivity index (χ2n) is 7.96. The molecule has 4 nitrogen and oxygen atoms in total. The van der Waals surface area contributed by atoms with Crippen LogP contribution in [0.1, 0.15) is 49.8 Å². The maximum atomic E-state index is 12.5. The van der Waals surface area contributed by atoms with E-state index < -0.39 is 0 Å². The van der Waals surface area contributed by atoms with Gasteiger partial charge in [0.25, 0.3) is 0 Å². The van der Waals surface area contributed by atoms with E-state index >= 15 is 0 Å². The highest BCUT2D eigenvalue weighted by Gasteiger charge is 2.28. The first-order valence-electron chi connectivity index (χ1n) is 9.36. The Labute approximate surface area is 150 Å². The molecule has 2 aromatic rings. The van der Waals surface area contributed by atoms with Crippen molar-refractivity contribution in [3.05, 3.63) is 35.1 Å². The van der Waals surface area contributed by atoms with Gasteiger partial charge in [-0.2, -0.15) is 0 Å². The Morgan fingerprint density at radius 2 is 1.92 bits per heavy atom. The number of hydrogen-bond donors (Lipinski definition) is 1. The van der Waals surface area contributed by atoms with E-state index in [2.05, 4.69) is 50.0 Å².